The number of benzene rings is 2. The molecule has 2 fully saturated rings. The zero-order valence-corrected chi connectivity index (χ0v) is 23.8. The smallest absolute Gasteiger partial charge is 0.307 e. The Kier molecular flexibility index (Phi) is 8.55. The number of aliphatic carboxylic acids is 1. The highest BCUT2D eigenvalue weighted by molar-refractivity contribution is 6.30. The molecule has 0 bridgehead atoms. The zero-order chi connectivity index (χ0) is 29.1. The van der Waals surface area contributed by atoms with Gasteiger partial charge >= 0.3 is 5.97 Å². The van der Waals surface area contributed by atoms with Gasteiger partial charge in [0.05, 0.1) is 42.3 Å². The summed E-state index contributed by atoms with van der Waals surface area (Å²) in [7, 11) is 0. The number of carbonyl (C=O) groups is 1. The molecule has 9 nitrogen and oxygen atoms in total. The van der Waals surface area contributed by atoms with Crippen molar-refractivity contribution in [1.29, 1.82) is 0 Å². The lowest BCUT2D eigenvalue weighted by atomic mass is 10.1. The van der Waals surface area contributed by atoms with E-state index in [4.69, 9.17) is 30.8 Å². The third-order valence-electron chi connectivity index (χ3n) is 7.66. The second-order valence-electron chi connectivity index (χ2n) is 10.7. The Morgan fingerprint density at radius 3 is 2.67 bits per heavy atom. The van der Waals surface area contributed by atoms with Gasteiger partial charge in [-0.3, -0.25) is 9.69 Å². The van der Waals surface area contributed by atoms with Crippen LogP contribution in [0.25, 0.3) is 11.0 Å². The molecule has 0 saturated carbocycles. The van der Waals surface area contributed by atoms with Gasteiger partial charge in [-0.05, 0) is 61.2 Å². The van der Waals surface area contributed by atoms with Gasteiger partial charge < -0.3 is 23.9 Å². The van der Waals surface area contributed by atoms with Crippen molar-refractivity contribution >= 4 is 28.6 Å². The first kappa shape index (κ1) is 28.4. The second kappa shape index (κ2) is 12.6. The molecule has 0 radical (unpaired) electrons. The minimum absolute atomic E-state index is 0.0183. The Bertz CT molecular complexity index is 1570. The number of carboxylic acid groups (broad SMARTS) is 1. The van der Waals surface area contributed by atoms with Gasteiger partial charge in [-0.2, -0.15) is 0 Å². The van der Waals surface area contributed by atoms with Gasteiger partial charge in [-0.1, -0.05) is 23.7 Å². The molecule has 4 heterocycles. The first-order valence-electron chi connectivity index (χ1n) is 14.1. The van der Waals surface area contributed by atoms with E-state index in [2.05, 4.69) is 14.5 Å². The van der Waals surface area contributed by atoms with Crippen molar-refractivity contribution in [2.45, 2.75) is 57.6 Å². The third kappa shape index (κ3) is 6.83. The molecule has 4 aromatic rings. The Hall–Kier alpha value is -3.73. The first-order chi connectivity index (χ1) is 20.4. The van der Waals surface area contributed by atoms with E-state index in [1.54, 1.807) is 6.07 Å². The molecule has 6 rings (SSSR count). The normalized spacial score (nSPS) is 17.7. The zero-order valence-electron chi connectivity index (χ0n) is 23.0. The molecule has 1 atom stereocenters. The molecule has 2 aliphatic rings. The number of hydrogen-bond donors (Lipinski definition) is 1. The molecule has 2 saturated heterocycles. The Morgan fingerprint density at radius 1 is 1.10 bits per heavy atom. The highest BCUT2D eigenvalue weighted by Gasteiger charge is 2.26. The fraction of sp³-hybridized carbons (Fsp3) is 0.387. The number of nitrogens with zero attached hydrogens (tertiary/aromatic N) is 4. The highest BCUT2D eigenvalue weighted by atomic mass is 35.5. The quantitative estimate of drug-likeness (QED) is 0.251. The lowest BCUT2D eigenvalue weighted by Crippen LogP contribution is -2.39. The van der Waals surface area contributed by atoms with Crippen LogP contribution < -0.4 is 9.47 Å². The van der Waals surface area contributed by atoms with Gasteiger partial charge in [-0.25, -0.2) is 14.4 Å². The molecule has 0 aliphatic carbocycles. The summed E-state index contributed by atoms with van der Waals surface area (Å²) in [5.74, 6) is 0.229. The van der Waals surface area contributed by atoms with E-state index in [1.165, 1.54) is 12.1 Å². The molecule has 0 amide bonds. The van der Waals surface area contributed by atoms with E-state index in [0.29, 0.717) is 29.7 Å². The predicted molar refractivity (Wildman–Crippen MR) is 154 cm³/mol. The molecule has 0 spiro atoms. The fourth-order valence-corrected chi connectivity index (χ4v) is 5.52. The van der Waals surface area contributed by atoms with Crippen molar-refractivity contribution in [2.24, 2.45) is 0 Å². The standard InChI is InChI=1S/C31H32ClFN4O5/c32-21-5-7-28(25(33)16-21)41-19-22-2-1-3-30(34-22)42-23-8-11-36(12-9-23)18-29-35-26-6-4-20(15-31(38)39)14-27(26)37(29)17-24-10-13-40-24/h1-7,14,16,23-24H,8-13,15,17-19H2,(H,38,39)/t24-/m0/s1. The molecule has 2 aromatic heterocycles. The van der Waals surface area contributed by atoms with E-state index in [9.17, 15) is 14.3 Å². The van der Waals surface area contributed by atoms with E-state index < -0.39 is 11.8 Å². The number of ether oxygens (including phenoxy) is 3. The number of fused-ring (bicyclic) bond motifs is 1. The summed E-state index contributed by atoms with van der Waals surface area (Å²) in [5.41, 5.74) is 3.22. The minimum atomic E-state index is -0.850. The maximum Gasteiger partial charge on any atom is 0.307 e. The second-order valence-corrected chi connectivity index (χ2v) is 11.2. The van der Waals surface area contributed by atoms with Gasteiger partial charge in [0.2, 0.25) is 5.88 Å². The highest BCUT2D eigenvalue weighted by Crippen LogP contribution is 2.26. The summed E-state index contributed by atoms with van der Waals surface area (Å²) in [6.07, 6.45) is 2.85. The number of carboxylic acids is 1. The van der Waals surface area contributed by atoms with Gasteiger partial charge in [0.15, 0.2) is 11.6 Å². The van der Waals surface area contributed by atoms with E-state index in [1.807, 2.05) is 36.4 Å². The number of imidazole rings is 1. The van der Waals surface area contributed by atoms with E-state index >= 15 is 0 Å². The summed E-state index contributed by atoms with van der Waals surface area (Å²) in [6, 6.07) is 15.5. The number of aromatic nitrogens is 3. The molecule has 2 aromatic carbocycles. The van der Waals surface area contributed by atoms with Gasteiger partial charge in [-0.15, -0.1) is 0 Å². The van der Waals surface area contributed by atoms with Crippen molar-refractivity contribution < 1.29 is 28.5 Å². The molecule has 11 heteroatoms. The first-order valence-corrected chi connectivity index (χ1v) is 14.5. The van der Waals surface area contributed by atoms with Crippen LogP contribution in [0, 0.1) is 5.82 Å². The molecule has 0 unspecified atom stereocenters. The Balaban J connectivity index is 1.06. The van der Waals surface area contributed by atoms with Crippen molar-refractivity contribution in [1.82, 2.24) is 19.4 Å². The monoisotopic (exact) mass is 594 g/mol. The van der Waals surface area contributed by atoms with Crippen LogP contribution in [0.2, 0.25) is 5.02 Å². The average Bonchev–Trinajstić information content (AvgIpc) is 3.27. The van der Waals surface area contributed by atoms with Crippen molar-refractivity contribution in [3.05, 3.63) is 82.5 Å². The van der Waals surface area contributed by atoms with Crippen LogP contribution in [0.4, 0.5) is 4.39 Å². The molecule has 42 heavy (non-hydrogen) atoms. The van der Waals surface area contributed by atoms with Crippen LogP contribution >= 0.6 is 11.6 Å². The van der Waals surface area contributed by atoms with Gasteiger partial charge in [0.1, 0.15) is 18.5 Å². The van der Waals surface area contributed by atoms with Crippen LogP contribution in [0.5, 0.6) is 11.6 Å². The number of likely N-dealkylation sites (tertiary alicyclic amines) is 1. The summed E-state index contributed by atoms with van der Waals surface area (Å²) in [4.78, 5) is 23.1. The van der Waals surface area contributed by atoms with Crippen LogP contribution in [-0.2, 0) is 35.6 Å². The lowest BCUT2D eigenvalue weighted by molar-refractivity contribution is -0.136. The number of hydrogen-bond acceptors (Lipinski definition) is 7. The average molecular weight is 595 g/mol. The lowest BCUT2D eigenvalue weighted by Gasteiger charge is -2.32. The number of piperidine rings is 1. The summed E-state index contributed by atoms with van der Waals surface area (Å²) in [6.45, 7) is 3.97. The van der Waals surface area contributed by atoms with Crippen molar-refractivity contribution in [3.8, 4) is 11.6 Å². The molecule has 1 N–H and O–H groups in total. The van der Waals surface area contributed by atoms with Crippen LogP contribution in [0.1, 0.15) is 36.3 Å². The largest absolute Gasteiger partial charge is 0.484 e. The Morgan fingerprint density at radius 2 is 1.93 bits per heavy atom. The van der Waals surface area contributed by atoms with Crippen LogP contribution in [-0.4, -0.2) is 62.4 Å². The number of pyridine rings is 1. The predicted octanol–water partition coefficient (Wildman–Crippen LogP) is 5.26. The summed E-state index contributed by atoms with van der Waals surface area (Å²) >= 11 is 5.81. The van der Waals surface area contributed by atoms with Crippen LogP contribution in [0.15, 0.2) is 54.6 Å². The number of halogens is 2. The van der Waals surface area contributed by atoms with E-state index in [0.717, 1.165) is 61.4 Å². The maximum atomic E-state index is 14.0. The van der Waals surface area contributed by atoms with Crippen molar-refractivity contribution in [3.63, 3.8) is 0 Å². The Labute approximate surface area is 247 Å². The van der Waals surface area contributed by atoms with Gasteiger partial charge in [0.25, 0.3) is 0 Å². The third-order valence-corrected chi connectivity index (χ3v) is 7.90. The molecular formula is C31H32ClFN4O5. The summed E-state index contributed by atoms with van der Waals surface area (Å²) in [5, 5.41) is 9.56. The van der Waals surface area contributed by atoms with Crippen LogP contribution in [0.3, 0.4) is 0 Å². The topological polar surface area (TPSA) is 98.9 Å². The SMILES string of the molecule is O=C(O)Cc1ccc2nc(CN3CCC(Oc4cccc(COc5ccc(Cl)cc5F)n4)CC3)n(C[C@@H]3CCO3)c2c1. The number of rotatable bonds is 11. The van der Waals surface area contributed by atoms with Gasteiger partial charge in [0, 0.05) is 30.8 Å². The van der Waals surface area contributed by atoms with Crippen molar-refractivity contribution in [2.75, 3.05) is 19.7 Å². The fourth-order valence-electron chi connectivity index (χ4n) is 5.36. The van der Waals surface area contributed by atoms with E-state index in [-0.39, 0.29) is 31.0 Å². The minimum Gasteiger partial charge on any atom is -0.484 e. The molecule has 2 aliphatic heterocycles. The maximum absolute atomic E-state index is 14.0. The molecule has 220 valence electrons. The summed E-state index contributed by atoms with van der Waals surface area (Å²) < 4.78 is 33.7. The molecular weight excluding hydrogens is 563 g/mol.